The molecule has 0 unspecified atom stereocenters. The molecule has 0 radical (unpaired) electrons. The van der Waals surface area contributed by atoms with Crippen molar-refractivity contribution in [3.05, 3.63) is 45.8 Å². The Balaban J connectivity index is 2.01. The molecule has 0 bridgehead atoms. The lowest BCUT2D eigenvalue weighted by Gasteiger charge is -2.13. The second-order valence-corrected chi connectivity index (χ2v) is 4.92. The molecule has 2 aromatic rings. The summed E-state index contributed by atoms with van der Waals surface area (Å²) in [7, 11) is 0. The number of allylic oxidation sites excluding steroid dienone is 1. The highest BCUT2D eigenvalue weighted by molar-refractivity contribution is 5.68. The van der Waals surface area contributed by atoms with Gasteiger partial charge < -0.3 is 15.9 Å². The first-order valence-corrected chi connectivity index (χ1v) is 6.78. The van der Waals surface area contributed by atoms with Gasteiger partial charge in [-0.05, 0) is 40.8 Å². The smallest absolute Gasteiger partial charge is 0.367 e. The van der Waals surface area contributed by atoms with Crippen LogP contribution in [-0.2, 0) is 11.3 Å². The highest BCUT2D eigenvalue weighted by Gasteiger charge is 2.28. The van der Waals surface area contributed by atoms with Crippen LogP contribution < -0.4 is 11.4 Å². The summed E-state index contributed by atoms with van der Waals surface area (Å²) in [6.45, 7) is 0.143. The van der Waals surface area contributed by atoms with Gasteiger partial charge in [-0.15, -0.1) is 4.68 Å². The molecule has 9 heteroatoms. The molecule has 4 N–H and O–H groups in total. The second kappa shape index (κ2) is 5.80. The summed E-state index contributed by atoms with van der Waals surface area (Å²) >= 11 is 0. The molecule has 114 valence electrons. The van der Waals surface area contributed by atoms with Crippen LogP contribution in [0.25, 0.3) is 5.82 Å². The number of aromatic amines is 1. The van der Waals surface area contributed by atoms with E-state index in [1.54, 1.807) is 6.20 Å². The highest BCUT2D eigenvalue weighted by Crippen LogP contribution is 2.42. The number of nitrogens with two attached hydrogens (primary N) is 1. The van der Waals surface area contributed by atoms with Crippen molar-refractivity contribution in [1.29, 1.82) is 5.41 Å². The summed E-state index contributed by atoms with van der Waals surface area (Å²) in [6.07, 6.45) is 6.22. The lowest BCUT2D eigenvalue weighted by atomic mass is 10.1. The van der Waals surface area contributed by atoms with Crippen LogP contribution in [0.15, 0.2) is 29.0 Å². The highest BCUT2D eigenvalue weighted by atomic mass is 16.5. The van der Waals surface area contributed by atoms with Crippen molar-refractivity contribution in [2.24, 2.45) is 5.73 Å². The number of hydrogen-bond acceptors (Lipinski definition) is 7. The third kappa shape index (κ3) is 2.73. The van der Waals surface area contributed by atoms with Crippen LogP contribution in [0, 0.1) is 5.41 Å². The van der Waals surface area contributed by atoms with Crippen LogP contribution >= 0.6 is 0 Å². The molecule has 0 atom stereocenters. The number of tetrazole rings is 1. The van der Waals surface area contributed by atoms with Crippen LogP contribution in [0.4, 0.5) is 0 Å². The molecule has 2 aromatic heterocycles. The number of nitrogens with zero attached hydrogens (tertiary/aromatic N) is 4. The van der Waals surface area contributed by atoms with E-state index >= 15 is 0 Å². The number of hydrogen-bond donors (Lipinski definition) is 3. The maximum Gasteiger partial charge on any atom is 0.367 e. The van der Waals surface area contributed by atoms with E-state index in [9.17, 15) is 4.79 Å². The van der Waals surface area contributed by atoms with E-state index < -0.39 is 5.69 Å². The Morgan fingerprint density at radius 3 is 3.05 bits per heavy atom. The molecule has 22 heavy (non-hydrogen) atoms. The quantitative estimate of drug-likeness (QED) is 0.515. The summed E-state index contributed by atoms with van der Waals surface area (Å²) < 4.78 is 6.54. The third-order valence-corrected chi connectivity index (χ3v) is 3.39. The first kappa shape index (κ1) is 14.0. The van der Waals surface area contributed by atoms with E-state index in [0.717, 1.165) is 34.9 Å². The van der Waals surface area contributed by atoms with Crippen molar-refractivity contribution < 1.29 is 4.74 Å². The molecule has 2 heterocycles. The van der Waals surface area contributed by atoms with E-state index in [0.29, 0.717) is 11.7 Å². The van der Waals surface area contributed by atoms with Crippen LogP contribution in [0.5, 0.6) is 0 Å². The molecule has 1 aliphatic rings. The molecule has 3 rings (SSSR count). The topological polar surface area (TPSA) is 136 Å². The summed E-state index contributed by atoms with van der Waals surface area (Å²) in [4.78, 5) is 16.0. The molecule has 1 fully saturated rings. The lowest BCUT2D eigenvalue weighted by molar-refractivity contribution is 0.195. The van der Waals surface area contributed by atoms with Gasteiger partial charge in [-0.25, -0.2) is 14.9 Å². The zero-order valence-electron chi connectivity index (χ0n) is 11.7. The second-order valence-electron chi connectivity index (χ2n) is 4.92. The number of nitrogens with one attached hydrogen (secondary N) is 2. The van der Waals surface area contributed by atoms with Gasteiger partial charge in [-0.2, -0.15) is 0 Å². The molecule has 0 amide bonds. The zero-order valence-corrected chi connectivity index (χ0v) is 11.7. The monoisotopic (exact) mass is 301 g/mol. The van der Waals surface area contributed by atoms with Crippen LogP contribution in [0.2, 0.25) is 0 Å². The number of rotatable bonds is 6. The van der Waals surface area contributed by atoms with E-state index in [-0.39, 0.29) is 12.5 Å². The van der Waals surface area contributed by atoms with Gasteiger partial charge in [0.2, 0.25) is 0 Å². The summed E-state index contributed by atoms with van der Waals surface area (Å²) in [5.41, 5.74) is 6.99. The number of pyridine rings is 1. The largest absolute Gasteiger partial charge is 0.474 e. The minimum atomic E-state index is -0.468. The zero-order chi connectivity index (χ0) is 15.5. The summed E-state index contributed by atoms with van der Waals surface area (Å²) in [6, 6.07) is 1.92. The maximum absolute atomic E-state index is 11.7. The van der Waals surface area contributed by atoms with Crippen molar-refractivity contribution in [2.75, 3.05) is 0 Å². The lowest BCUT2D eigenvalue weighted by Crippen LogP contribution is -2.20. The van der Waals surface area contributed by atoms with Gasteiger partial charge in [0.15, 0.2) is 11.7 Å². The Bertz CT molecular complexity index is 773. The van der Waals surface area contributed by atoms with Crippen molar-refractivity contribution >= 4 is 6.21 Å². The van der Waals surface area contributed by atoms with Gasteiger partial charge >= 0.3 is 5.69 Å². The maximum atomic E-state index is 11.7. The molecule has 1 aliphatic carbocycles. The number of H-pyrrole nitrogens is 1. The normalized spacial score (nSPS) is 14.8. The number of aromatic nitrogens is 5. The summed E-state index contributed by atoms with van der Waals surface area (Å²) in [5.74, 6) is 0.945. The van der Waals surface area contributed by atoms with Crippen LogP contribution in [-0.4, -0.2) is 31.4 Å². The molecule has 1 saturated carbocycles. The van der Waals surface area contributed by atoms with Crippen molar-refractivity contribution in [3.63, 3.8) is 0 Å². The predicted octanol–water partition coefficient (Wildman–Crippen LogP) is 0.194. The van der Waals surface area contributed by atoms with E-state index in [1.165, 1.54) is 6.08 Å². The standard InChI is InChI=1S/C13H15N7O2/c14-5-3-11(15)22-7-10-9(8-1-2-8)4-6-16-12(10)20-13(21)17-18-19-20/h3-6,8,14H,1-2,7,15H2,(H,17,19,21). The molecular formula is C13H15N7O2. The van der Waals surface area contributed by atoms with Crippen molar-refractivity contribution in [2.45, 2.75) is 25.4 Å². The summed E-state index contributed by atoms with van der Waals surface area (Å²) in [5, 5.41) is 16.4. The SMILES string of the molecule is N=CC=C(N)OCc1c(C2CC2)ccnc1-n1nn[nH]c1=O. The van der Waals surface area contributed by atoms with Gasteiger partial charge in [0.05, 0.1) is 0 Å². The van der Waals surface area contributed by atoms with Gasteiger partial charge in [0, 0.05) is 24.1 Å². The Hall–Kier alpha value is -2.97. The average Bonchev–Trinajstić information content (AvgIpc) is 3.27. The fraction of sp³-hybridized carbons (Fsp3) is 0.308. The van der Waals surface area contributed by atoms with Gasteiger partial charge in [-0.3, -0.25) is 0 Å². The van der Waals surface area contributed by atoms with E-state index in [1.807, 2.05) is 6.07 Å². The Morgan fingerprint density at radius 1 is 1.59 bits per heavy atom. The average molecular weight is 301 g/mol. The van der Waals surface area contributed by atoms with Gasteiger partial charge in [-0.1, -0.05) is 0 Å². The molecule has 9 nitrogen and oxygen atoms in total. The minimum Gasteiger partial charge on any atom is -0.474 e. The number of ether oxygens (including phenoxy) is 1. The fourth-order valence-electron chi connectivity index (χ4n) is 2.23. The Morgan fingerprint density at radius 2 is 2.41 bits per heavy atom. The Labute approximate surface area is 125 Å². The first-order chi connectivity index (χ1) is 10.7. The fourth-order valence-corrected chi connectivity index (χ4v) is 2.23. The molecule has 0 aromatic carbocycles. The van der Waals surface area contributed by atoms with Crippen LogP contribution in [0.3, 0.4) is 0 Å². The van der Waals surface area contributed by atoms with Crippen molar-refractivity contribution in [3.8, 4) is 5.82 Å². The minimum absolute atomic E-state index is 0.124. The molecule has 0 aliphatic heterocycles. The Kier molecular flexibility index (Phi) is 3.69. The predicted molar refractivity (Wildman–Crippen MR) is 77.6 cm³/mol. The first-order valence-electron chi connectivity index (χ1n) is 6.78. The van der Waals surface area contributed by atoms with Crippen LogP contribution in [0.1, 0.15) is 29.9 Å². The molecule has 0 spiro atoms. The molecule has 0 saturated heterocycles. The van der Waals surface area contributed by atoms with E-state index in [4.69, 9.17) is 15.9 Å². The van der Waals surface area contributed by atoms with Crippen molar-refractivity contribution in [1.82, 2.24) is 25.2 Å². The van der Waals surface area contributed by atoms with Gasteiger partial charge in [0.25, 0.3) is 0 Å². The molecular weight excluding hydrogens is 286 g/mol. The van der Waals surface area contributed by atoms with E-state index in [2.05, 4.69) is 20.5 Å². The third-order valence-electron chi connectivity index (χ3n) is 3.39. The van der Waals surface area contributed by atoms with Gasteiger partial charge in [0.1, 0.15) is 6.61 Å².